The van der Waals surface area contributed by atoms with Crippen molar-refractivity contribution in [2.24, 2.45) is 0 Å². The first-order chi connectivity index (χ1) is 10.3. The van der Waals surface area contributed by atoms with Crippen molar-refractivity contribution >= 4 is 0 Å². The van der Waals surface area contributed by atoms with E-state index in [0.29, 0.717) is 23.1 Å². The molecule has 1 aromatic heterocycles. The van der Waals surface area contributed by atoms with Crippen LogP contribution in [0, 0.1) is 0 Å². The van der Waals surface area contributed by atoms with Crippen LogP contribution in [0.1, 0.15) is 12.5 Å². The Balaban J connectivity index is 2.18. The first kappa shape index (κ1) is 15.1. The molecule has 0 saturated heterocycles. The lowest BCUT2D eigenvalue weighted by molar-refractivity contribution is 0.342. The summed E-state index contributed by atoms with van der Waals surface area (Å²) >= 11 is 0. The highest BCUT2D eigenvalue weighted by atomic mass is 16.5. The van der Waals surface area contributed by atoms with Gasteiger partial charge in [-0.1, -0.05) is 19.1 Å². The number of hydrogen-bond donors (Lipinski definition) is 1. The van der Waals surface area contributed by atoms with Gasteiger partial charge in [0.15, 0.2) is 11.5 Å². The Kier molecular flexibility index (Phi) is 5.40. The van der Waals surface area contributed by atoms with E-state index in [-0.39, 0.29) is 0 Å². The zero-order chi connectivity index (χ0) is 15.1. The Hall–Kier alpha value is -2.27. The molecule has 1 N–H and O–H groups in total. The average molecular weight is 288 g/mol. The van der Waals surface area contributed by atoms with Crippen LogP contribution in [0.2, 0.25) is 0 Å². The Morgan fingerprint density at radius 1 is 1.05 bits per heavy atom. The quantitative estimate of drug-likeness (QED) is 0.848. The smallest absolute Gasteiger partial charge is 0.219 e. The summed E-state index contributed by atoms with van der Waals surface area (Å²) < 4.78 is 16.4. The van der Waals surface area contributed by atoms with Crippen LogP contribution < -0.4 is 19.5 Å². The molecule has 0 fully saturated rings. The molecular formula is C16H20N2O3. The number of nitrogens with zero attached hydrogens (tertiary/aromatic N) is 1. The molecular weight excluding hydrogens is 268 g/mol. The van der Waals surface area contributed by atoms with Gasteiger partial charge < -0.3 is 19.5 Å². The molecule has 0 unspecified atom stereocenters. The third-order valence-electron chi connectivity index (χ3n) is 2.97. The summed E-state index contributed by atoms with van der Waals surface area (Å²) in [7, 11) is 3.18. The topological polar surface area (TPSA) is 52.6 Å². The summed E-state index contributed by atoms with van der Waals surface area (Å²) in [6, 6.07) is 9.29. The monoisotopic (exact) mass is 288 g/mol. The molecule has 0 atom stereocenters. The molecule has 5 nitrogen and oxygen atoms in total. The molecule has 21 heavy (non-hydrogen) atoms. The predicted molar refractivity (Wildman–Crippen MR) is 81.2 cm³/mol. The normalized spacial score (nSPS) is 10.2. The van der Waals surface area contributed by atoms with Gasteiger partial charge in [0.2, 0.25) is 11.6 Å². The van der Waals surface area contributed by atoms with Crippen molar-refractivity contribution in [3.8, 4) is 23.1 Å². The number of ether oxygens (including phenoxy) is 3. The highest BCUT2D eigenvalue weighted by molar-refractivity contribution is 5.52. The van der Waals surface area contributed by atoms with Crippen LogP contribution in [0.15, 0.2) is 36.5 Å². The number of para-hydroxylation sites is 1. The lowest BCUT2D eigenvalue weighted by Gasteiger charge is -2.13. The number of rotatable bonds is 7. The lowest BCUT2D eigenvalue weighted by Crippen LogP contribution is -2.11. The van der Waals surface area contributed by atoms with Crippen molar-refractivity contribution in [1.29, 1.82) is 0 Å². The molecule has 0 aliphatic rings. The highest BCUT2D eigenvalue weighted by Crippen LogP contribution is 2.39. The summed E-state index contributed by atoms with van der Waals surface area (Å²) in [5, 5.41) is 3.25. The maximum atomic E-state index is 5.80. The molecule has 2 rings (SSSR count). The zero-order valence-corrected chi connectivity index (χ0v) is 12.6. The van der Waals surface area contributed by atoms with Gasteiger partial charge in [-0.3, -0.25) is 0 Å². The minimum atomic E-state index is 0.498. The van der Waals surface area contributed by atoms with Crippen LogP contribution in [-0.2, 0) is 6.54 Å². The standard InChI is InChI=1S/C16H20N2O3/c1-4-17-10-12-8-9-15(18-11-12)21-16-13(19-2)6-5-7-14(16)20-3/h5-9,11,17H,4,10H2,1-3H3. The molecule has 1 heterocycles. The van der Waals surface area contributed by atoms with Crippen LogP contribution in [0.4, 0.5) is 0 Å². The molecule has 0 aliphatic carbocycles. The predicted octanol–water partition coefficient (Wildman–Crippen LogP) is 3.00. The van der Waals surface area contributed by atoms with Gasteiger partial charge in [0.1, 0.15) is 0 Å². The Bertz CT molecular complexity index is 548. The molecule has 0 saturated carbocycles. The molecule has 112 valence electrons. The second-order valence-electron chi connectivity index (χ2n) is 4.38. The van der Waals surface area contributed by atoms with Crippen LogP contribution in [0.5, 0.6) is 23.1 Å². The van der Waals surface area contributed by atoms with E-state index in [9.17, 15) is 0 Å². The summed E-state index contributed by atoms with van der Waals surface area (Å²) in [5.74, 6) is 2.23. The van der Waals surface area contributed by atoms with E-state index in [2.05, 4.69) is 17.2 Å². The fourth-order valence-corrected chi connectivity index (χ4v) is 1.87. The molecule has 5 heteroatoms. The number of aromatic nitrogens is 1. The summed E-state index contributed by atoms with van der Waals surface area (Å²) in [5.41, 5.74) is 1.11. The van der Waals surface area contributed by atoms with Gasteiger partial charge in [-0.15, -0.1) is 0 Å². The van der Waals surface area contributed by atoms with Gasteiger partial charge in [-0.25, -0.2) is 4.98 Å². The molecule has 0 bridgehead atoms. The van der Waals surface area contributed by atoms with E-state index in [1.54, 1.807) is 20.4 Å². The van der Waals surface area contributed by atoms with Crippen LogP contribution in [0.3, 0.4) is 0 Å². The minimum absolute atomic E-state index is 0.498. The zero-order valence-electron chi connectivity index (χ0n) is 12.6. The van der Waals surface area contributed by atoms with E-state index in [4.69, 9.17) is 14.2 Å². The van der Waals surface area contributed by atoms with E-state index in [1.807, 2.05) is 30.3 Å². The maximum absolute atomic E-state index is 5.80. The summed E-state index contributed by atoms with van der Waals surface area (Å²) in [6.45, 7) is 3.79. The first-order valence-electron chi connectivity index (χ1n) is 6.83. The third-order valence-corrected chi connectivity index (χ3v) is 2.97. The average Bonchev–Trinajstić information content (AvgIpc) is 2.54. The molecule has 0 aliphatic heterocycles. The molecule has 0 radical (unpaired) electrons. The van der Waals surface area contributed by atoms with Crippen molar-refractivity contribution in [2.75, 3.05) is 20.8 Å². The molecule has 0 amide bonds. The Labute approximate surface area is 124 Å². The third kappa shape index (κ3) is 3.86. The Morgan fingerprint density at radius 2 is 1.76 bits per heavy atom. The van der Waals surface area contributed by atoms with Crippen LogP contribution in [0.25, 0.3) is 0 Å². The lowest BCUT2D eigenvalue weighted by atomic mass is 10.3. The van der Waals surface area contributed by atoms with Gasteiger partial charge in [0.05, 0.1) is 14.2 Å². The van der Waals surface area contributed by atoms with Crippen molar-refractivity contribution in [3.05, 3.63) is 42.1 Å². The maximum Gasteiger partial charge on any atom is 0.219 e. The number of methoxy groups -OCH3 is 2. The van der Waals surface area contributed by atoms with E-state index in [1.165, 1.54) is 0 Å². The highest BCUT2D eigenvalue weighted by Gasteiger charge is 2.12. The summed E-state index contributed by atoms with van der Waals surface area (Å²) in [6.07, 6.45) is 1.79. The van der Waals surface area contributed by atoms with Crippen molar-refractivity contribution in [1.82, 2.24) is 10.3 Å². The van der Waals surface area contributed by atoms with E-state index >= 15 is 0 Å². The SMILES string of the molecule is CCNCc1ccc(Oc2c(OC)cccc2OC)nc1. The van der Waals surface area contributed by atoms with Gasteiger partial charge >= 0.3 is 0 Å². The number of hydrogen-bond acceptors (Lipinski definition) is 5. The van der Waals surface area contributed by atoms with Gasteiger partial charge in [-0.05, 0) is 24.2 Å². The van der Waals surface area contributed by atoms with Crippen molar-refractivity contribution < 1.29 is 14.2 Å². The first-order valence-corrected chi connectivity index (χ1v) is 6.83. The van der Waals surface area contributed by atoms with Gasteiger partial charge in [0, 0.05) is 18.8 Å². The molecule has 2 aromatic rings. The van der Waals surface area contributed by atoms with Gasteiger partial charge in [-0.2, -0.15) is 0 Å². The second kappa shape index (κ2) is 7.50. The minimum Gasteiger partial charge on any atom is -0.493 e. The van der Waals surface area contributed by atoms with E-state index in [0.717, 1.165) is 18.7 Å². The number of pyridine rings is 1. The van der Waals surface area contributed by atoms with Gasteiger partial charge in [0.25, 0.3) is 0 Å². The van der Waals surface area contributed by atoms with Crippen LogP contribution >= 0.6 is 0 Å². The molecule has 0 spiro atoms. The van der Waals surface area contributed by atoms with Crippen LogP contribution in [-0.4, -0.2) is 25.7 Å². The number of benzene rings is 1. The van der Waals surface area contributed by atoms with Crippen molar-refractivity contribution in [2.45, 2.75) is 13.5 Å². The molecule has 1 aromatic carbocycles. The Morgan fingerprint density at radius 3 is 2.29 bits per heavy atom. The van der Waals surface area contributed by atoms with Crippen molar-refractivity contribution in [3.63, 3.8) is 0 Å². The second-order valence-corrected chi connectivity index (χ2v) is 4.38. The van der Waals surface area contributed by atoms with E-state index < -0.39 is 0 Å². The largest absolute Gasteiger partial charge is 0.493 e. The fourth-order valence-electron chi connectivity index (χ4n) is 1.87. The fraction of sp³-hybridized carbons (Fsp3) is 0.312. The summed E-state index contributed by atoms with van der Waals surface area (Å²) in [4.78, 5) is 4.30. The number of nitrogens with one attached hydrogen (secondary N) is 1.